The fourth-order valence-electron chi connectivity index (χ4n) is 1.07. The Labute approximate surface area is 86.0 Å². The highest BCUT2D eigenvalue weighted by Crippen LogP contribution is 2.18. The highest BCUT2D eigenvalue weighted by Gasteiger charge is 2.22. The lowest BCUT2D eigenvalue weighted by Gasteiger charge is -2.20. The maximum atomic E-state index is 11.2. The number of carbonyl (C=O) groups excluding carboxylic acids is 1. The van der Waals surface area contributed by atoms with Gasteiger partial charge >= 0.3 is 6.03 Å². The first-order valence-electron chi connectivity index (χ1n) is 5.34. The van der Waals surface area contributed by atoms with Crippen LogP contribution in [0.5, 0.6) is 0 Å². The molecule has 0 aromatic carbocycles. The van der Waals surface area contributed by atoms with Crippen LogP contribution in [0.3, 0.4) is 0 Å². The summed E-state index contributed by atoms with van der Waals surface area (Å²) in [5.41, 5.74) is 0. The number of hydrogen-bond donors (Lipinski definition) is 2. The Hall–Kier alpha value is -0.770. The molecule has 4 heteroatoms. The second-order valence-corrected chi connectivity index (χ2v) is 4.25. The number of rotatable bonds is 5. The summed E-state index contributed by atoms with van der Waals surface area (Å²) in [6, 6.07) is 0.950. The Balaban J connectivity index is 1.99. The predicted octanol–water partition coefficient (Wildman–Crippen LogP) is 0.788. The first-order chi connectivity index (χ1) is 6.59. The van der Waals surface area contributed by atoms with Crippen LogP contribution in [0.4, 0.5) is 4.79 Å². The van der Waals surface area contributed by atoms with E-state index in [2.05, 4.69) is 36.4 Å². The molecule has 1 aliphatic carbocycles. The monoisotopic (exact) mass is 199 g/mol. The molecule has 0 unspecified atom stereocenters. The van der Waals surface area contributed by atoms with Gasteiger partial charge in [-0.05, 0) is 33.7 Å². The smallest absolute Gasteiger partial charge is 0.315 e. The van der Waals surface area contributed by atoms with Crippen LogP contribution in [0, 0.1) is 0 Å². The maximum Gasteiger partial charge on any atom is 0.315 e. The number of likely N-dealkylation sites (N-methyl/N-ethyl adjacent to an activating group) is 1. The average molecular weight is 199 g/mol. The van der Waals surface area contributed by atoms with E-state index < -0.39 is 0 Å². The van der Waals surface area contributed by atoms with Crippen molar-refractivity contribution in [2.24, 2.45) is 0 Å². The van der Waals surface area contributed by atoms with Crippen molar-refractivity contribution in [3.05, 3.63) is 0 Å². The summed E-state index contributed by atoms with van der Waals surface area (Å²) in [4.78, 5) is 13.4. The van der Waals surface area contributed by atoms with Gasteiger partial charge < -0.3 is 15.5 Å². The summed E-state index contributed by atoms with van der Waals surface area (Å²) < 4.78 is 0. The highest BCUT2D eigenvalue weighted by molar-refractivity contribution is 5.74. The number of hydrogen-bond acceptors (Lipinski definition) is 2. The zero-order valence-corrected chi connectivity index (χ0v) is 9.34. The molecule has 1 aliphatic rings. The number of nitrogens with one attached hydrogen (secondary N) is 2. The van der Waals surface area contributed by atoms with Crippen molar-refractivity contribution >= 4 is 6.03 Å². The van der Waals surface area contributed by atoms with E-state index in [4.69, 9.17) is 0 Å². The highest BCUT2D eigenvalue weighted by atomic mass is 16.2. The summed E-state index contributed by atoms with van der Waals surface area (Å²) in [6.07, 6.45) is 2.28. The van der Waals surface area contributed by atoms with E-state index >= 15 is 0 Å². The van der Waals surface area contributed by atoms with E-state index in [0.29, 0.717) is 18.6 Å². The zero-order chi connectivity index (χ0) is 10.6. The molecule has 0 spiro atoms. The van der Waals surface area contributed by atoms with Gasteiger partial charge in [0.2, 0.25) is 0 Å². The van der Waals surface area contributed by atoms with Crippen LogP contribution in [0.1, 0.15) is 26.7 Å². The van der Waals surface area contributed by atoms with E-state index in [9.17, 15) is 4.79 Å². The van der Waals surface area contributed by atoms with Crippen LogP contribution in [0.2, 0.25) is 0 Å². The third-order valence-electron chi connectivity index (χ3n) is 2.54. The molecule has 14 heavy (non-hydrogen) atoms. The number of carbonyl (C=O) groups is 1. The fourth-order valence-corrected chi connectivity index (χ4v) is 1.07. The molecule has 0 atom stereocenters. The molecular weight excluding hydrogens is 178 g/mol. The van der Waals surface area contributed by atoms with E-state index in [1.54, 1.807) is 0 Å². The van der Waals surface area contributed by atoms with E-state index in [1.807, 2.05) is 0 Å². The quantitative estimate of drug-likeness (QED) is 0.687. The van der Waals surface area contributed by atoms with Gasteiger partial charge in [-0.25, -0.2) is 4.79 Å². The molecule has 0 aromatic rings. The third kappa shape index (κ3) is 4.46. The Kier molecular flexibility index (Phi) is 4.20. The number of nitrogens with zero attached hydrogens (tertiary/aromatic N) is 1. The van der Waals surface area contributed by atoms with Crippen LogP contribution >= 0.6 is 0 Å². The second kappa shape index (κ2) is 5.20. The van der Waals surface area contributed by atoms with Crippen molar-refractivity contribution in [3.8, 4) is 0 Å². The molecule has 0 radical (unpaired) electrons. The van der Waals surface area contributed by atoms with Crippen molar-refractivity contribution in [1.29, 1.82) is 0 Å². The van der Waals surface area contributed by atoms with Gasteiger partial charge in [-0.2, -0.15) is 0 Å². The van der Waals surface area contributed by atoms with Gasteiger partial charge in [-0.15, -0.1) is 0 Å². The molecule has 2 amide bonds. The molecule has 0 bridgehead atoms. The minimum absolute atomic E-state index is 0.0235. The lowest BCUT2D eigenvalue weighted by atomic mass is 10.3. The maximum absolute atomic E-state index is 11.2. The number of amides is 2. The van der Waals surface area contributed by atoms with Gasteiger partial charge in [-0.1, -0.05) is 0 Å². The van der Waals surface area contributed by atoms with Crippen LogP contribution in [-0.4, -0.2) is 43.2 Å². The third-order valence-corrected chi connectivity index (χ3v) is 2.54. The lowest BCUT2D eigenvalue weighted by molar-refractivity contribution is 0.234. The summed E-state index contributed by atoms with van der Waals surface area (Å²) >= 11 is 0. The van der Waals surface area contributed by atoms with Crippen molar-refractivity contribution in [1.82, 2.24) is 15.5 Å². The van der Waals surface area contributed by atoms with Gasteiger partial charge in [0.05, 0.1) is 0 Å². The lowest BCUT2D eigenvalue weighted by Crippen LogP contribution is -2.41. The van der Waals surface area contributed by atoms with Gasteiger partial charge in [0.15, 0.2) is 0 Å². The summed E-state index contributed by atoms with van der Waals surface area (Å²) in [6.45, 7) is 5.90. The Morgan fingerprint density at radius 1 is 1.50 bits per heavy atom. The molecule has 1 saturated carbocycles. The molecule has 0 aliphatic heterocycles. The van der Waals surface area contributed by atoms with Crippen molar-refractivity contribution in [3.63, 3.8) is 0 Å². The van der Waals surface area contributed by atoms with Gasteiger partial charge in [0.1, 0.15) is 0 Å². The topological polar surface area (TPSA) is 44.4 Å². The minimum atomic E-state index is -0.0235. The molecule has 82 valence electrons. The minimum Gasteiger partial charge on any atom is -0.337 e. The van der Waals surface area contributed by atoms with Gasteiger partial charge in [0, 0.05) is 25.2 Å². The van der Waals surface area contributed by atoms with Gasteiger partial charge in [0.25, 0.3) is 0 Å². The second-order valence-electron chi connectivity index (χ2n) is 4.25. The Morgan fingerprint density at radius 3 is 2.64 bits per heavy atom. The van der Waals surface area contributed by atoms with Crippen molar-refractivity contribution in [2.75, 3.05) is 20.1 Å². The van der Waals surface area contributed by atoms with Crippen molar-refractivity contribution in [2.45, 2.75) is 38.8 Å². The Morgan fingerprint density at radius 2 is 2.14 bits per heavy atom. The average Bonchev–Trinajstić information content (AvgIpc) is 2.87. The largest absolute Gasteiger partial charge is 0.337 e. The Bertz CT molecular complexity index is 190. The van der Waals surface area contributed by atoms with Crippen LogP contribution in [0.15, 0.2) is 0 Å². The molecule has 0 aromatic heterocycles. The molecule has 1 rings (SSSR count). The fraction of sp³-hybridized carbons (Fsp3) is 0.900. The first-order valence-corrected chi connectivity index (χ1v) is 5.34. The molecule has 2 N–H and O–H groups in total. The van der Waals surface area contributed by atoms with Crippen LogP contribution in [-0.2, 0) is 0 Å². The zero-order valence-electron chi connectivity index (χ0n) is 9.34. The first kappa shape index (κ1) is 11.3. The van der Waals surface area contributed by atoms with Crippen molar-refractivity contribution < 1.29 is 4.79 Å². The molecular formula is C10H21N3O. The predicted molar refractivity (Wildman–Crippen MR) is 57.3 cm³/mol. The SMILES string of the molecule is CC(C)N(C)CCNC(=O)NC1CC1. The normalized spacial score (nSPS) is 16.1. The standard InChI is InChI=1S/C10H21N3O/c1-8(2)13(3)7-6-11-10(14)12-9-4-5-9/h8-9H,4-7H2,1-3H3,(H2,11,12,14). The van der Waals surface area contributed by atoms with E-state index in [0.717, 1.165) is 19.4 Å². The number of urea groups is 1. The molecule has 0 saturated heterocycles. The summed E-state index contributed by atoms with van der Waals surface area (Å²) in [5, 5.41) is 5.74. The molecule has 1 fully saturated rings. The molecule has 0 heterocycles. The van der Waals surface area contributed by atoms with Crippen LogP contribution in [0.25, 0.3) is 0 Å². The van der Waals surface area contributed by atoms with E-state index in [1.165, 1.54) is 0 Å². The summed E-state index contributed by atoms with van der Waals surface area (Å²) in [7, 11) is 2.06. The van der Waals surface area contributed by atoms with Gasteiger partial charge in [-0.3, -0.25) is 0 Å². The summed E-state index contributed by atoms with van der Waals surface area (Å²) in [5.74, 6) is 0. The molecule has 4 nitrogen and oxygen atoms in total. The van der Waals surface area contributed by atoms with E-state index in [-0.39, 0.29) is 6.03 Å². The van der Waals surface area contributed by atoms with Crippen LogP contribution < -0.4 is 10.6 Å².